The molecule has 3 aromatic rings. The summed E-state index contributed by atoms with van der Waals surface area (Å²) in [4.78, 5) is 23.8. The molecular formula is C25H23ClO7. The highest BCUT2D eigenvalue weighted by atomic mass is 35.5. The van der Waals surface area contributed by atoms with Gasteiger partial charge in [0.25, 0.3) is 0 Å². The summed E-state index contributed by atoms with van der Waals surface area (Å²) >= 11 is 6.05. The van der Waals surface area contributed by atoms with E-state index in [1.807, 2.05) is 12.2 Å². The summed E-state index contributed by atoms with van der Waals surface area (Å²) in [7, 11) is 0. The van der Waals surface area contributed by atoms with E-state index < -0.39 is 18.4 Å². The second kappa shape index (κ2) is 10.2. The van der Waals surface area contributed by atoms with Crippen molar-refractivity contribution in [1.29, 1.82) is 0 Å². The molecule has 8 heteroatoms. The molecule has 0 saturated carbocycles. The third kappa shape index (κ3) is 5.27. The van der Waals surface area contributed by atoms with Crippen molar-refractivity contribution in [2.75, 3.05) is 6.61 Å². The molecule has 0 aliphatic carbocycles. The van der Waals surface area contributed by atoms with E-state index in [0.717, 1.165) is 0 Å². The Kier molecular flexibility index (Phi) is 7.13. The fraction of sp³-hybridized carbons (Fsp3) is 0.280. The lowest BCUT2D eigenvalue weighted by molar-refractivity contribution is -0.244. The highest BCUT2D eigenvalue weighted by Gasteiger charge is 2.36. The van der Waals surface area contributed by atoms with Gasteiger partial charge in [-0.05, 0) is 37.1 Å². The van der Waals surface area contributed by atoms with Crippen molar-refractivity contribution in [3.05, 3.63) is 87.3 Å². The smallest absolute Gasteiger partial charge is 0.303 e. The van der Waals surface area contributed by atoms with Crippen LogP contribution in [0.4, 0.5) is 0 Å². The molecule has 1 fully saturated rings. The van der Waals surface area contributed by atoms with Crippen LogP contribution >= 0.6 is 11.6 Å². The maximum Gasteiger partial charge on any atom is 0.303 e. The lowest BCUT2D eigenvalue weighted by atomic mass is 9.91. The number of aliphatic carboxylic acids is 1. The maximum absolute atomic E-state index is 13.1. The van der Waals surface area contributed by atoms with Gasteiger partial charge >= 0.3 is 5.97 Å². The molecular weight excluding hydrogens is 448 g/mol. The Morgan fingerprint density at radius 3 is 2.76 bits per heavy atom. The summed E-state index contributed by atoms with van der Waals surface area (Å²) in [6.07, 6.45) is 4.52. The molecule has 1 aliphatic heterocycles. The first kappa shape index (κ1) is 23.0. The van der Waals surface area contributed by atoms with Gasteiger partial charge in [0.05, 0.1) is 23.7 Å². The number of benzene rings is 2. The first-order valence-corrected chi connectivity index (χ1v) is 10.9. The predicted molar refractivity (Wildman–Crippen MR) is 122 cm³/mol. The van der Waals surface area contributed by atoms with E-state index >= 15 is 0 Å². The van der Waals surface area contributed by atoms with Crippen LogP contribution in [-0.2, 0) is 14.3 Å². The molecule has 3 atom stereocenters. The van der Waals surface area contributed by atoms with Crippen LogP contribution in [-0.4, -0.2) is 22.8 Å². The molecule has 0 amide bonds. The standard InChI is InChI=1S/C25H23ClO7/c26-16-10-11-21-18(12-16)23(30)19(14-31-21)25-32-13-15(6-2-1-3-9-22(28)29)24(33-25)17-7-4-5-8-20(17)27/h1-2,4-5,7-8,10-12,14-15,24-25,27H,3,6,9,13H2,(H,28,29)/b2-1-/t15-,24+,25+/m0/s1. The molecule has 33 heavy (non-hydrogen) atoms. The van der Waals surface area contributed by atoms with Crippen LogP contribution in [0, 0.1) is 5.92 Å². The van der Waals surface area contributed by atoms with Gasteiger partial charge in [0, 0.05) is 22.9 Å². The molecule has 2 N–H and O–H groups in total. The summed E-state index contributed by atoms with van der Waals surface area (Å²) in [5.41, 5.74) is 0.904. The van der Waals surface area contributed by atoms with E-state index in [-0.39, 0.29) is 35.7 Å². The number of rotatable bonds is 7. The summed E-state index contributed by atoms with van der Waals surface area (Å²) in [5, 5.41) is 20.0. The van der Waals surface area contributed by atoms with Crippen molar-refractivity contribution in [2.24, 2.45) is 5.92 Å². The number of hydrogen-bond donors (Lipinski definition) is 2. The van der Waals surface area contributed by atoms with Crippen molar-refractivity contribution in [1.82, 2.24) is 0 Å². The van der Waals surface area contributed by atoms with Gasteiger partial charge in [-0.1, -0.05) is 42.0 Å². The van der Waals surface area contributed by atoms with Gasteiger partial charge in [-0.25, -0.2) is 0 Å². The number of halogens is 1. The maximum atomic E-state index is 13.1. The Labute approximate surface area is 194 Å². The van der Waals surface area contributed by atoms with Gasteiger partial charge in [0.2, 0.25) is 5.43 Å². The van der Waals surface area contributed by atoms with Gasteiger partial charge in [-0.3, -0.25) is 9.59 Å². The quantitative estimate of drug-likeness (QED) is 0.447. The lowest BCUT2D eigenvalue weighted by Gasteiger charge is -2.36. The van der Waals surface area contributed by atoms with E-state index in [2.05, 4.69) is 0 Å². The molecule has 7 nitrogen and oxygen atoms in total. The highest BCUT2D eigenvalue weighted by Crippen LogP contribution is 2.42. The van der Waals surface area contributed by atoms with E-state index in [4.69, 9.17) is 30.6 Å². The molecule has 2 aromatic carbocycles. The average molecular weight is 471 g/mol. The number of allylic oxidation sites excluding steroid dienone is 2. The fourth-order valence-corrected chi connectivity index (χ4v) is 4.04. The summed E-state index contributed by atoms with van der Waals surface area (Å²) in [6, 6.07) is 11.7. The molecule has 1 saturated heterocycles. The minimum absolute atomic E-state index is 0.0564. The second-order valence-corrected chi connectivity index (χ2v) is 8.28. The summed E-state index contributed by atoms with van der Waals surface area (Å²) in [5.74, 6) is -0.924. The minimum Gasteiger partial charge on any atom is -0.508 e. The number of ether oxygens (including phenoxy) is 2. The van der Waals surface area contributed by atoms with Gasteiger partial charge in [-0.15, -0.1) is 0 Å². The number of carbonyl (C=O) groups is 1. The van der Waals surface area contributed by atoms with Crippen LogP contribution in [0.25, 0.3) is 11.0 Å². The van der Waals surface area contributed by atoms with Crippen molar-refractivity contribution in [2.45, 2.75) is 31.7 Å². The van der Waals surface area contributed by atoms with Crippen molar-refractivity contribution in [3.8, 4) is 5.75 Å². The van der Waals surface area contributed by atoms with Gasteiger partial charge in [0.15, 0.2) is 6.29 Å². The van der Waals surface area contributed by atoms with E-state index in [1.54, 1.807) is 42.5 Å². The highest BCUT2D eigenvalue weighted by molar-refractivity contribution is 6.31. The number of fused-ring (bicyclic) bond motifs is 1. The van der Waals surface area contributed by atoms with Gasteiger partial charge < -0.3 is 24.1 Å². The normalized spacial score (nSPS) is 20.9. The number of para-hydroxylation sites is 1. The topological polar surface area (TPSA) is 106 Å². The monoisotopic (exact) mass is 470 g/mol. The Bertz CT molecular complexity index is 1230. The molecule has 0 spiro atoms. The molecule has 0 unspecified atom stereocenters. The van der Waals surface area contributed by atoms with Crippen LogP contribution in [0.5, 0.6) is 5.75 Å². The van der Waals surface area contributed by atoms with E-state index in [0.29, 0.717) is 34.4 Å². The Hall–Kier alpha value is -3.13. The molecule has 0 bridgehead atoms. The van der Waals surface area contributed by atoms with Crippen LogP contribution < -0.4 is 5.43 Å². The third-order valence-corrected chi connectivity index (χ3v) is 5.78. The largest absolute Gasteiger partial charge is 0.508 e. The zero-order chi connectivity index (χ0) is 23.4. The Morgan fingerprint density at radius 2 is 1.97 bits per heavy atom. The molecule has 0 radical (unpaired) electrons. The zero-order valence-electron chi connectivity index (χ0n) is 17.6. The Morgan fingerprint density at radius 1 is 1.15 bits per heavy atom. The van der Waals surface area contributed by atoms with E-state index in [9.17, 15) is 14.7 Å². The van der Waals surface area contributed by atoms with Gasteiger partial charge in [0.1, 0.15) is 17.6 Å². The number of phenols is 1. The molecule has 4 rings (SSSR count). The van der Waals surface area contributed by atoms with Crippen molar-refractivity contribution < 1.29 is 28.9 Å². The second-order valence-electron chi connectivity index (χ2n) is 7.84. The van der Waals surface area contributed by atoms with Crippen LogP contribution in [0.2, 0.25) is 5.02 Å². The number of aromatic hydroxyl groups is 1. The summed E-state index contributed by atoms with van der Waals surface area (Å²) < 4.78 is 17.7. The van der Waals surface area contributed by atoms with Crippen molar-refractivity contribution in [3.63, 3.8) is 0 Å². The minimum atomic E-state index is -0.985. The number of phenolic OH excluding ortho intramolecular Hbond substituents is 1. The van der Waals surface area contributed by atoms with Gasteiger partial charge in [-0.2, -0.15) is 0 Å². The molecule has 172 valence electrons. The van der Waals surface area contributed by atoms with Crippen LogP contribution in [0.15, 0.2) is 70.1 Å². The van der Waals surface area contributed by atoms with E-state index in [1.165, 1.54) is 6.26 Å². The number of carboxylic acid groups (broad SMARTS) is 1. The van der Waals surface area contributed by atoms with Crippen LogP contribution in [0.3, 0.4) is 0 Å². The molecule has 1 aromatic heterocycles. The van der Waals surface area contributed by atoms with Crippen LogP contribution in [0.1, 0.15) is 42.8 Å². The Balaban J connectivity index is 1.61. The first-order valence-electron chi connectivity index (χ1n) is 10.6. The summed E-state index contributed by atoms with van der Waals surface area (Å²) in [6.45, 7) is 0.264. The first-order chi connectivity index (χ1) is 15.9. The lowest BCUT2D eigenvalue weighted by Crippen LogP contribution is -2.32. The fourth-order valence-electron chi connectivity index (χ4n) is 3.87. The molecule has 2 heterocycles. The predicted octanol–water partition coefficient (Wildman–Crippen LogP) is 5.37. The number of hydrogen-bond acceptors (Lipinski definition) is 6. The third-order valence-electron chi connectivity index (χ3n) is 5.55. The average Bonchev–Trinajstić information content (AvgIpc) is 2.80. The molecule has 1 aliphatic rings. The zero-order valence-corrected chi connectivity index (χ0v) is 18.4. The van der Waals surface area contributed by atoms with Crippen molar-refractivity contribution >= 4 is 28.5 Å². The SMILES string of the molecule is O=C(O)CC/C=C\C[C@H]1CO[C@@H](c2coc3ccc(Cl)cc3c2=O)O[C@H]1c1ccccc1O. The number of carboxylic acids is 1.